The first kappa shape index (κ1) is 14.4. The first-order chi connectivity index (χ1) is 8.97. The van der Waals surface area contributed by atoms with Gasteiger partial charge in [-0.15, -0.1) is 0 Å². The van der Waals surface area contributed by atoms with E-state index in [4.69, 9.17) is 10.5 Å². The van der Waals surface area contributed by atoms with Gasteiger partial charge in [-0.05, 0) is 51.0 Å². The minimum Gasteiger partial charge on any atom is -0.490 e. The van der Waals surface area contributed by atoms with Gasteiger partial charge in [0.1, 0.15) is 5.75 Å². The van der Waals surface area contributed by atoms with Crippen molar-refractivity contribution in [3.63, 3.8) is 0 Å². The second-order valence-corrected chi connectivity index (χ2v) is 6.34. The molecule has 2 nitrogen and oxygen atoms in total. The Kier molecular flexibility index (Phi) is 4.51. The van der Waals surface area contributed by atoms with Gasteiger partial charge < -0.3 is 10.5 Å². The average molecular weight is 261 g/mol. The molecule has 19 heavy (non-hydrogen) atoms. The zero-order valence-corrected chi connectivity index (χ0v) is 12.6. The third-order valence-corrected chi connectivity index (χ3v) is 4.50. The maximum atomic E-state index is 6.24. The Morgan fingerprint density at radius 2 is 1.95 bits per heavy atom. The molecule has 0 saturated heterocycles. The maximum absolute atomic E-state index is 6.24. The number of nitrogens with two attached hydrogens (primary N) is 1. The SMILES string of the molecule is Cc1ccc(OC2CCC(C)C(C)C2)c([C@H](C)N)c1. The average Bonchev–Trinajstić information content (AvgIpc) is 2.36. The Balaban J connectivity index is 2.11. The fraction of sp³-hybridized carbons (Fsp3) is 0.647. The summed E-state index contributed by atoms with van der Waals surface area (Å²) < 4.78 is 6.24. The Morgan fingerprint density at radius 3 is 2.58 bits per heavy atom. The van der Waals surface area contributed by atoms with Gasteiger partial charge in [-0.25, -0.2) is 0 Å². The molecule has 106 valence electrons. The van der Waals surface area contributed by atoms with Crippen molar-refractivity contribution in [2.24, 2.45) is 17.6 Å². The molecule has 0 aliphatic heterocycles. The predicted octanol–water partition coefficient (Wildman–Crippen LogP) is 4.22. The monoisotopic (exact) mass is 261 g/mol. The third kappa shape index (κ3) is 3.50. The van der Waals surface area contributed by atoms with E-state index < -0.39 is 0 Å². The van der Waals surface area contributed by atoms with E-state index in [9.17, 15) is 0 Å². The smallest absolute Gasteiger partial charge is 0.124 e. The Hall–Kier alpha value is -1.02. The number of ether oxygens (including phenoxy) is 1. The molecule has 1 aromatic carbocycles. The fourth-order valence-corrected chi connectivity index (χ4v) is 2.92. The second kappa shape index (κ2) is 5.96. The lowest BCUT2D eigenvalue weighted by Crippen LogP contribution is -2.29. The standard InChI is InChI=1S/C17H27NO/c1-11-5-8-17(16(9-11)14(4)18)19-15-7-6-12(2)13(3)10-15/h5,8-9,12-15H,6-7,10,18H2,1-4H3/t12?,13?,14-,15?/m0/s1. The van der Waals surface area contributed by atoms with Crippen LogP contribution in [0.5, 0.6) is 5.75 Å². The van der Waals surface area contributed by atoms with E-state index in [1.54, 1.807) is 0 Å². The summed E-state index contributed by atoms with van der Waals surface area (Å²) in [6.45, 7) is 8.80. The van der Waals surface area contributed by atoms with Gasteiger partial charge in [0.15, 0.2) is 0 Å². The molecule has 1 saturated carbocycles. The molecule has 0 amide bonds. The molecular formula is C17H27NO. The summed E-state index contributed by atoms with van der Waals surface area (Å²) in [5, 5.41) is 0. The van der Waals surface area contributed by atoms with Gasteiger partial charge in [0.05, 0.1) is 6.10 Å². The highest BCUT2D eigenvalue weighted by Gasteiger charge is 2.26. The third-order valence-electron chi connectivity index (χ3n) is 4.50. The lowest BCUT2D eigenvalue weighted by atomic mass is 9.80. The summed E-state index contributed by atoms with van der Waals surface area (Å²) in [6, 6.07) is 6.36. The van der Waals surface area contributed by atoms with Crippen LogP contribution in [0.4, 0.5) is 0 Å². The number of hydrogen-bond acceptors (Lipinski definition) is 2. The number of benzene rings is 1. The highest BCUT2D eigenvalue weighted by molar-refractivity contribution is 5.38. The van der Waals surface area contributed by atoms with Crippen molar-refractivity contribution in [3.8, 4) is 5.75 Å². The van der Waals surface area contributed by atoms with Gasteiger partial charge >= 0.3 is 0 Å². The van der Waals surface area contributed by atoms with Gasteiger partial charge in [0.25, 0.3) is 0 Å². The molecule has 3 unspecified atom stereocenters. The van der Waals surface area contributed by atoms with Gasteiger partial charge in [-0.2, -0.15) is 0 Å². The Labute approximate surface area is 117 Å². The molecule has 1 aliphatic carbocycles. The van der Waals surface area contributed by atoms with Crippen molar-refractivity contribution >= 4 is 0 Å². The van der Waals surface area contributed by atoms with Crippen LogP contribution < -0.4 is 10.5 Å². The first-order valence-corrected chi connectivity index (χ1v) is 7.50. The second-order valence-electron chi connectivity index (χ2n) is 6.34. The van der Waals surface area contributed by atoms with Crippen LogP contribution in [0, 0.1) is 18.8 Å². The summed E-state index contributed by atoms with van der Waals surface area (Å²) in [6.07, 6.45) is 3.95. The summed E-state index contributed by atoms with van der Waals surface area (Å²) in [4.78, 5) is 0. The number of aryl methyl sites for hydroxylation is 1. The highest BCUT2D eigenvalue weighted by atomic mass is 16.5. The van der Waals surface area contributed by atoms with Gasteiger partial charge in [-0.3, -0.25) is 0 Å². The van der Waals surface area contributed by atoms with E-state index in [1.165, 1.54) is 12.0 Å². The molecule has 2 heteroatoms. The van der Waals surface area contributed by atoms with Crippen LogP contribution in [-0.4, -0.2) is 6.10 Å². The van der Waals surface area contributed by atoms with E-state index in [-0.39, 0.29) is 6.04 Å². The van der Waals surface area contributed by atoms with Crippen molar-refractivity contribution in [3.05, 3.63) is 29.3 Å². The van der Waals surface area contributed by atoms with Crippen molar-refractivity contribution in [1.82, 2.24) is 0 Å². The van der Waals surface area contributed by atoms with Crippen LogP contribution in [0.25, 0.3) is 0 Å². The Bertz CT molecular complexity index is 427. The lowest BCUT2D eigenvalue weighted by Gasteiger charge is -2.33. The quantitative estimate of drug-likeness (QED) is 0.884. The van der Waals surface area contributed by atoms with E-state index in [1.807, 2.05) is 6.92 Å². The van der Waals surface area contributed by atoms with Crippen LogP contribution in [0.1, 0.15) is 57.2 Å². The van der Waals surface area contributed by atoms with Crippen molar-refractivity contribution in [2.45, 2.75) is 59.1 Å². The van der Waals surface area contributed by atoms with Crippen LogP contribution in [0.3, 0.4) is 0 Å². The Morgan fingerprint density at radius 1 is 1.21 bits per heavy atom. The minimum absolute atomic E-state index is 0.0230. The van der Waals surface area contributed by atoms with E-state index in [2.05, 4.69) is 39.0 Å². The first-order valence-electron chi connectivity index (χ1n) is 7.50. The lowest BCUT2D eigenvalue weighted by molar-refractivity contribution is 0.0994. The van der Waals surface area contributed by atoms with Gasteiger partial charge in [0, 0.05) is 11.6 Å². The largest absolute Gasteiger partial charge is 0.490 e. The minimum atomic E-state index is 0.0230. The van der Waals surface area contributed by atoms with Gasteiger partial charge in [0.2, 0.25) is 0 Å². The molecule has 1 fully saturated rings. The summed E-state index contributed by atoms with van der Waals surface area (Å²) in [7, 11) is 0. The molecule has 0 spiro atoms. The molecule has 1 aromatic rings. The maximum Gasteiger partial charge on any atom is 0.124 e. The van der Waals surface area contributed by atoms with Crippen molar-refractivity contribution in [2.75, 3.05) is 0 Å². The number of rotatable bonds is 3. The van der Waals surface area contributed by atoms with E-state index in [0.29, 0.717) is 6.10 Å². The summed E-state index contributed by atoms with van der Waals surface area (Å²) in [5.74, 6) is 2.56. The van der Waals surface area contributed by atoms with Crippen molar-refractivity contribution < 1.29 is 4.74 Å². The highest BCUT2D eigenvalue weighted by Crippen LogP contribution is 2.34. The molecular weight excluding hydrogens is 234 g/mol. The zero-order chi connectivity index (χ0) is 14.0. The van der Waals surface area contributed by atoms with Crippen LogP contribution in [0.2, 0.25) is 0 Å². The van der Waals surface area contributed by atoms with Crippen molar-refractivity contribution in [1.29, 1.82) is 0 Å². The predicted molar refractivity (Wildman–Crippen MR) is 80.4 cm³/mol. The molecule has 2 rings (SSSR count). The molecule has 4 atom stereocenters. The van der Waals surface area contributed by atoms with Gasteiger partial charge in [-0.1, -0.05) is 31.5 Å². The van der Waals surface area contributed by atoms with E-state index >= 15 is 0 Å². The van der Waals surface area contributed by atoms with E-state index in [0.717, 1.165) is 36.0 Å². The van der Waals surface area contributed by atoms with Crippen LogP contribution >= 0.6 is 0 Å². The van der Waals surface area contributed by atoms with Crippen LogP contribution in [0.15, 0.2) is 18.2 Å². The molecule has 2 N–H and O–H groups in total. The number of hydrogen-bond donors (Lipinski definition) is 1. The molecule has 1 aliphatic rings. The molecule has 0 aromatic heterocycles. The molecule has 0 bridgehead atoms. The topological polar surface area (TPSA) is 35.2 Å². The van der Waals surface area contributed by atoms with Crippen LogP contribution in [-0.2, 0) is 0 Å². The normalized spacial score (nSPS) is 29.0. The summed E-state index contributed by atoms with van der Waals surface area (Å²) in [5.41, 5.74) is 8.43. The summed E-state index contributed by atoms with van der Waals surface area (Å²) >= 11 is 0. The zero-order valence-electron chi connectivity index (χ0n) is 12.6. The molecule has 0 radical (unpaired) electrons. The fourth-order valence-electron chi connectivity index (χ4n) is 2.92. The molecule has 0 heterocycles.